The molecule has 3 aromatic rings. The van der Waals surface area contributed by atoms with E-state index in [0.29, 0.717) is 25.7 Å². The van der Waals surface area contributed by atoms with Crippen LogP contribution in [0.25, 0.3) is 0 Å². The van der Waals surface area contributed by atoms with Crippen LogP contribution in [0.2, 0.25) is 0 Å². The van der Waals surface area contributed by atoms with Crippen LogP contribution in [0.5, 0.6) is 23.0 Å². The van der Waals surface area contributed by atoms with Gasteiger partial charge >= 0.3 is 36.2 Å². The zero-order valence-electron chi connectivity index (χ0n) is 26.6. The van der Waals surface area contributed by atoms with Gasteiger partial charge < -0.3 is 37.9 Å². The molecule has 14 heteroatoms. The Kier molecular flexibility index (Phi) is 15.3. The number of benzene rings is 3. The van der Waals surface area contributed by atoms with Gasteiger partial charge in [-0.3, -0.25) is 4.79 Å². The minimum atomic E-state index is -0.926. The second-order valence-electron chi connectivity index (χ2n) is 9.83. The summed E-state index contributed by atoms with van der Waals surface area (Å²) in [5.74, 6) is -1.57. The second kappa shape index (κ2) is 20.1. The summed E-state index contributed by atoms with van der Waals surface area (Å²) < 4.78 is 40.4. The molecule has 0 aliphatic heterocycles. The SMILES string of the molecule is C=CC(=O)OCCCCOC(=O)Oc1ccc(C(=O)Oc2ccc(OC(=O)c3ccc(OC(=O)OCCCCOC(C)=O)cc3)cc2)cc1. The highest BCUT2D eigenvalue weighted by Gasteiger charge is 2.14. The number of ether oxygens (including phenoxy) is 8. The molecule has 14 nitrogen and oxygen atoms in total. The van der Waals surface area contributed by atoms with Crippen LogP contribution in [0, 0.1) is 0 Å². The lowest BCUT2D eigenvalue weighted by Crippen LogP contribution is -2.13. The topological polar surface area (TPSA) is 176 Å². The van der Waals surface area contributed by atoms with Crippen molar-refractivity contribution in [3.8, 4) is 23.0 Å². The Labute approximate surface area is 281 Å². The van der Waals surface area contributed by atoms with Gasteiger partial charge in [-0.15, -0.1) is 0 Å². The van der Waals surface area contributed by atoms with Crippen molar-refractivity contribution in [2.45, 2.75) is 32.6 Å². The lowest BCUT2D eigenvalue weighted by atomic mass is 10.2. The molecular weight excluding hydrogens is 644 g/mol. The number of carbonyl (C=O) groups is 6. The minimum absolute atomic E-state index is 0.0687. The van der Waals surface area contributed by atoms with E-state index in [9.17, 15) is 28.8 Å². The second-order valence-corrected chi connectivity index (χ2v) is 9.83. The smallest absolute Gasteiger partial charge is 0.466 e. The van der Waals surface area contributed by atoms with E-state index in [1.54, 1.807) is 0 Å². The maximum atomic E-state index is 12.6. The van der Waals surface area contributed by atoms with E-state index in [1.165, 1.54) is 79.7 Å². The van der Waals surface area contributed by atoms with Gasteiger partial charge in [0, 0.05) is 13.0 Å². The third-order valence-electron chi connectivity index (χ3n) is 6.06. The maximum absolute atomic E-state index is 12.6. The van der Waals surface area contributed by atoms with Gasteiger partial charge in [-0.25, -0.2) is 24.0 Å². The summed E-state index contributed by atoms with van der Waals surface area (Å²) >= 11 is 0. The molecule has 0 saturated heterocycles. The van der Waals surface area contributed by atoms with Crippen LogP contribution in [0.4, 0.5) is 9.59 Å². The highest BCUT2D eigenvalue weighted by Crippen LogP contribution is 2.22. The first-order valence-electron chi connectivity index (χ1n) is 15.0. The van der Waals surface area contributed by atoms with Gasteiger partial charge in [0.05, 0.1) is 37.6 Å². The zero-order chi connectivity index (χ0) is 35.4. The summed E-state index contributed by atoms with van der Waals surface area (Å²) in [6, 6.07) is 17.0. The van der Waals surface area contributed by atoms with Crippen molar-refractivity contribution in [1.82, 2.24) is 0 Å². The Morgan fingerprint density at radius 3 is 1.18 bits per heavy atom. The van der Waals surface area contributed by atoms with Crippen LogP contribution >= 0.6 is 0 Å². The number of unbranched alkanes of at least 4 members (excludes halogenated alkanes) is 2. The Morgan fingerprint density at radius 1 is 0.490 bits per heavy atom. The summed E-state index contributed by atoms with van der Waals surface area (Å²) in [4.78, 5) is 70.5. The van der Waals surface area contributed by atoms with E-state index >= 15 is 0 Å². The monoisotopic (exact) mass is 678 g/mol. The molecule has 0 saturated carbocycles. The molecule has 0 fully saturated rings. The summed E-state index contributed by atoms with van der Waals surface area (Å²) in [5, 5.41) is 0. The fourth-order valence-corrected chi connectivity index (χ4v) is 3.64. The molecule has 0 amide bonds. The fourth-order valence-electron chi connectivity index (χ4n) is 3.64. The number of hydrogen-bond donors (Lipinski definition) is 0. The molecule has 0 aliphatic carbocycles. The lowest BCUT2D eigenvalue weighted by Gasteiger charge is -2.09. The van der Waals surface area contributed by atoms with Crippen molar-refractivity contribution >= 4 is 36.2 Å². The van der Waals surface area contributed by atoms with Crippen LogP contribution in [-0.2, 0) is 28.5 Å². The van der Waals surface area contributed by atoms with E-state index in [-0.39, 0.29) is 66.5 Å². The summed E-state index contributed by atoms with van der Waals surface area (Å²) in [6.07, 6.45) is 1.20. The Balaban J connectivity index is 1.37. The standard InChI is InChI=1S/C35H34O14/c1-3-31(37)43-21-5-7-23-45-35(41)49-30-14-10-26(11-15-30)33(39)47-28-18-16-27(17-19-28)46-32(38)25-8-12-29(13-9-25)48-34(40)44-22-6-4-20-42-24(2)36/h3,8-19H,1,4-7,20-23H2,2H3. The number of hydrogen-bond acceptors (Lipinski definition) is 14. The normalized spacial score (nSPS) is 10.1. The molecule has 0 unspecified atom stereocenters. The van der Waals surface area contributed by atoms with Gasteiger partial charge in [-0.2, -0.15) is 0 Å². The Morgan fingerprint density at radius 2 is 0.816 bits per heavy atom. The van der Waals surface area contributed by atoms with Gasteiger partial charge in [-0.05, 0) is 98.5 Å². The predicted molar refractivity (Wildman–Crippen MR) is 169 cm³/mol. The number of rotatable bonds is 17. The molecular formula is C35H34O14. The molecule has 0 heterocycles. The predicted octanol–water partition coefficient (Wildman–Crippen LogP) is 6.01. The van der Waals surface area contributed by atoms with Crippen LogP contribution in [0.1, 0.15) is 53.3 Å². The molecule has 3 rings (SSSR count). The highest BCUT2D eigenvalue weighted by molar-refractivity contribution is 5.92. The largest absolute Gasteiger partial charge is 0.513 e. The highest BCUT2D eigenvalue weighted by atomic mass is 16.7. The van der Waals surface area contributed by atoms with Crippen molar-refractivity contribution in [3.63, 3.8) is 0 Å². The molecule has 0 aliphatic rings. The number of carbonyl (C=O) groups excluding carboxylic acids is 6. The van der Waals surface area contributed by atoms with Crippen molar-refractivity contribution < 1.29 is 66.7 Å². The first kappa shape index (κ1) is 37.3. The lowest BCUT2D eigenvalue weighted by molar-refractivity contribution is -0.141. The molecule has 0 spiro atoms. The summed E-state index contributed by atoms with van der Waals surface area (Å²) in [5.41, 5.74) is 0.369. The molecule has 49 heavy (non-hydrogen) atoms. The molecule has 0 radical (unpaired) electrons. The summed E-state index contributed by atoms with van der Waals surface area (Å²) in [7, 11) is 0. The average Bonchev–Trinajstić information content (AvgIpc) is 3.09. The van der Waals surface area contributed by atoms with Crippen molar-refractivity contribution in [1.29, 1.82) is 0 Å². The third-order valence-corrected chi connectivity index (χ3v) is 6.06. The van der Waals surface area contributed by atoms with E-state index in [2.05, 4.69) is 6.58 Å². The third kappa shape index (κ3) is 14.4. The van der Waals surface area contributed by atoms with E-state index in [0.717, 1.165) is 6.08 Å². The summed E-state index contributed by atoms with van der Waals surface area (Å²) in [6.45, 7) is 5.18. The first-order chi connectivity index (χ1) is 23.6. The first-order valence-corrected chi connectivity index (χ1v) is 15.0. The maximum Gasteiger partial charge on any atom is 0.513 e. The van der Waals surface area contributed by atoms with E-state index in [1.807, 2.05) is 0 Å². The van der Waals surface area contributed by atoms with E-state index in [4.69, 9.17) is 37.9 Å². The molecule has 0 atom stereocenters. The van der Waals surface area contributed by atoms with E-state index < -0.39 is 30.2 Å². The van der Waals surface area contributed by atoms with Crippen LogP contribution in [0.3, 0.4) is 0 Å². The van der Waals surface area contributed by atoms with Gasteiger partial charge in [0.2, 0.25) is 0 Å². The Bertz CT molecular complexity index is 1580. The zero-order valence-corrected chi connectivity index (χ0v) is 26.6. The fraction of sp³-hybridized carbons (Fsp3) is 0.257. The van der Waals surface area contributed by atoms with Gasteiger partial charge in [0.1, 0.15) is 23.0 Å². The van der Waals surface area contributed by atoms with Gasteiger partial charge in [0.15, 0.2) is 0 Å². The average molecular weight is 679 g/mol. The molecule has 0 aromatic heterocycles. The quantitative estimate of drug-likeness (QED) is 0.0405. The minimum Gasteiger partial charge on any atom is -0.466 e. The van der Waals surface area contributed by atoms with Crippen LogP contribution < -0.4 is 18.9 Å². The van der Waals surface area contributed by atoms with Crippen LogP contribution in [0.15, 0.2) is 85.5 Å². The van der Waals surface area contributed by atoms with Gasteiger partial charge in [-0.1, -0.05) is 6.58 Å². The van der Waals surface area contributed by atoms with Crippen molar-refractivity contribution in [3.05, 3.63) is 96.6 Å². The number of esters is 4. The van der Waals surface area contributed by atoms with Crippen molar-refractivity contribution in [2.75, 3.05) is 26.4 Å². The molecule has 258 valence electrons. The molecule has 0 N–H and O–H groups in total. The van der Waals surface area contributed by atoms with Gasteiger partial charge in [0.25, 0.3) is 0 Å². The Hall–Kier alpha value is -6.18. The van der Waals surface area contributed by atoms with Crippen molar-refractivity contribution in [2.24, 2.45) is 0 Å². The van der Waals surface area contributed by atoms with Crippen LogP contribution in [-0.4, -0.2) is 62.6 Å². The molecule has 0 bridgehead atoms. The molecule has 3 aromatic carbocycles.